The average Bonchev–Trinajstić information content (AvgIpc) is 3.22. The molecule has 2 atom stereocenters. The second kappa shape index (κ2) is 8.38. The third-order valence-corrected chi connectivity index (χ3v) is 6.72. The van der Waals surface area contributed by atoms with Gasteiger partial charge in [0.2, 0.25) is 0 Å². The van der Waals surface area contributed by atoms with Crippen LogP contribution >= 0.6 is 0 Å². The summed E-state index contributed by atoms with van der Waals surface area (Å²) in [4.78, 5) is 38.0. The number of cyclic esters (lactones) is 1. The van der Waals surface area contributed by atoms with Crippen LogP contribution in [0.25, 0.3) is 10.9 Å². The molecule has 2 N–H and O–H groups in total. The molecule has 9 nitrogen and oxygen atoms in total. The quantitative estimate of drug-likeness (QED) is 0.584. The molecule has 3 aliphatic heterocycles. The van der Waals surface area contributed by atoms with Crippen LogP contribution < -0.4 is 25.8 Å². The highest BCUT2D eigenvalue weighted by molar-refractivity contribution is 5.97. The van der Waals surface area contributed by atoms with Gasteiger partial charge in [0.15, 0.2) is 6.61 Å². The van der Waals surface area contributed by atoms with Gasteiger partial charge in [-0.05, 0) is 54.1 Å². The first-order valence-corrected chi connectivity index (χ1v) is 11.5. The number of ether oxygens (including phenoxy) is 2. The number of rotatable bonds is 5. The molecule has 35 heavy (non-hydrogen) atoms. The van der Waals surface area contributed by atoms with Crippen molar-refractivity contribution in [1.29, 1.82) is 0 Å². The van der Waals surface area contributed by atoms with Gasteiger partial charge in [-0.2, -0.15) is 0 Å². The summed E-state index contributed by atoms with van der Waals surface area (Å²) in [7, 11) is 0. The van der Waals surface area contributed by atoms with Gasteiger partial charge in [0.1, 0.15) is 17.7 Å². The molecule has 0 unspecified atom stereocenters. The van der Waals surface area contributed by atoms with E-state index in [1.165, 1.54) is 17.0 Å². The minimum absolute atomic E-state index is 0.0279. The van der Waals surface area contributed by atoms with E-state index in [0.29, 0.717) is 60.8 Å². The molecule has 1 saturated heterocycles. The summed E-state index contributed by atoms with van der Waals surface area (Å²) in [5.74, 6) is 0.0394. The Balaban J connectivity index is 1.09. The molecule has 2 amide bonds. The molecular formula is C25H23FN4O5. The Morgan fingerprint density at radius 2 is 1.91 bits per heavy atom. The highest BCUT2D eigenvalue weighted by Gasteiger charge is 2.33. The van der Waals surface area contributed by atoms with E-state index >= 15 is 0 Å². The molecule has 3 aliphatic rings. The van der Waals surface area contributed by atoms with E-state index in [4.69, 9.17) is 9.47 Å². The van der Waals surface area contributed by atoms with Crippen molar-refractivity contribution in [2.45, 2.75) is 19.1 Å². The molecule has 1 fully saturated rings. The fourth-order valence-electron chi connectivity index (χ4n) is 5.09. The Morgan fingerprint density at radius 1 is 1.06 bits per heavy atom. The standard InChI is InChI=1S/C25H23FN4O5/c26-19-4-1-15-2-6-23(32)30-11-14(7-18(19)24(15)30)9-27-10-17-12-29(25(33)35-17)16-3-5-21-20(8-16)28-22(31)13-34-21/h1-6,8,14,17,27H,7,9-13H2,(H,28,31)/t14-,17+/m0/s1. The van der Waals surface area contributed by atoms with Crippen LogP contribution in [-0.2, 0) is 22.5 Å². The number of aromatic nitrogens is 1. The van der Waals surface area contributed by atoms with Crippen LogP contribution in [0.15, 0.2) is 47.3 Å². The number of amides is 2. The predicted octanol–water partition coefficient (Wildman–Crippen LogP) is 2.26. The molecule has 0 aliphatic carbocycles. The van der Waals surface area contributed by atoms with Crippen LogP contribution in [0.4, 0.5) is 20.6 Å². The molecule has 0 saturated carbocycles. The lowest BCUT2D eigenvalue weighted by molar-refractivity contribution is -0.118. The maximum atomic E-state index is 14.6. The predicted molar refractivity (Wildman–Crippen MR) is 126 cm³/mol. The zero-order valence-electron chi connectivity index (χ0n) is 18.8. The number of anilines is 2. The Kier molecular flexibility index (Phi) is 5.18. The summed E-state index contributed by atoms with van der Waals surface area (Å²) in [6.07, 6.45) is -0.311. The number of hydrogen-bond donors (Lipinski definition) is 2. The van der Waals surface area contributed by atoms with Crippen LogP contribution in [-0.4, -0.2) is 48.9 Å². The molecule has 180 valence electrons. The lowest BCUT2D eigenvalue weighted by Gasteiger charge is -2.27. The third kappa shape index (κ3) is 3.89. The smallest absolute Gasteiger partial charge is 0.414 e. The van der Waals surface area contributed by atoms with Gasteiger partial charge < -0.3 is 24.7 Å². The van der Waals surface area contributed by atoms with E-state index in [-0.39, 0.29) is 35.9 Å². The number of halogens is 1. The van der Waals surface area contributed by atoms with Crippen molar-refractivity contribution < 1.29 is 23.5 Å². The van der Waals surface area contributed by atoms with Crippen molar-refractivity contribution in [2.75, 3.05) is 36.5 Å². The van der Waals surface area contributed by atoms with Crippen molar-refractivity contribution >= 4 is 34.3 Å². The van der Waals surface area contributed by atoms with E-state index in [1.807, 2.05) is 0 Å². The average molecular weight is 478 g/mol. The number of fused-ring (bicyclic) bond motifs is 1. The molecule has 3 aromatic rings. The number of nitrogens with one attached hydrogen (secondary N) is 2. The van der Waals surface area contributed by atoms with Crippen molar-refractivity contribution in [3.63, 3.8) is 0 Å². The van der Waals surface area contributed by atoms with E-state index in [9.17, 15) is 18.8 Å². The van der Waals surface area contributed by atoms with Crippen molar-refractivity contribution in [3.8, 4) is 5.75 Å². The van der Waals surface area contributed by atoms with Gasteiger partial charge in [0, 0.05) is 37.0 Å². The number of hydrogen-bond acceptors (Lipinski definition) is 6. The second-order valence-electron chi connectivity index (χ2n) is 9.11. The maximum absolute atomic E-state index is 14.6. The van der Waals surface area contributed by atoms with Crippen molar-refractivity contribution in [1.82, 2.24) is 9.88 Å². The lowest BCUT2D eigenvalue weighted by Crippen LogP contribution is -2.38. The molecule has 0 bridgehead atoms. The summed E-state index contributed by atoms with van der Waals surface area (Å²) in [5, 5.41) is 6.92. The van der Waals surface area contributed by atoms with Crippen LogP contribution in [0.3, 0.4) is 0 Å². The monoisotopic (exact) mass is 478 g/mol. The molecule has 2 aromatic carbocycles. The molecule has 6 rings (SSSR count). The summed E-state index contributed by atoms with van der Waals surface area (Å²) in [6, 6.07) is 11.6. The zero-order chi connectivity index (χ0) is 24.1. The first-order valence-electron chi connectivity index (χ1n) is 11.5. The molecule has 4 heterocycles. The first kappa shape index (κ1) is 21.6. The van der Waals surface area contributed by atoms with Gasteiger partial charge in [-0.15, -0.1) is 0 Å². The fraction of sp³-hybridized carbons (Fsp3) is 0.320. The maximum Gasteiger partial charge on any atom is 0.414 e. The summed E-state index contributed by atoms with van der Waals surface area (Å²) in [5.41, 5.74) is 2.24. The summed E-state index contributed by atoms with van der Waals surface area (Å²) in [6.45, 7) is 1.79. The van der Waals surface area contributed by atoms with Gasteiger partial charge in [-0.3, -0.25) is 14.5 Å². The fourth-order valence-corrected chi connectivity index (χ4v) is 5.09. The third-order valence-electron chi connectivity index (χ3n) is 6.72. The van der Waals surface area contributed by atoms with E-state index in [0.717, 1.165) is 5.39 Å². The van der Waals surface area contributed by atoms with Crippen LogP contribution in [0.5, 0.6) is 5.75 Å². The Morgan fingerprint density at radius 3 is 2.80 bits per heavy atom. The minimum Gasteiger partial charge on any atom is -0.482 e. The van der Waals surface area contributed by atoms with E-state index in [2.05, 4.69) is 10.6 Å². The highest BCUT2D eigenvalue weighted by Crippen LogP contribution is 2.33. The van der Waals surface area contributed by atoms with Gasteiger partial charge in [-0.1, -0.05) is 0 Å². The van der Waals surface area contributed by atoms with Gasteiger partial charge in [-0.25, -0.2) is 9.18 Å². The van der Waals surface area contributed by atoms with Crippen LogP contribution in [0.2, 0.25) is 0 Å². The number of carbonyl (C=O) groups is 2. The minimum atomic E-state index is -0.466. The SMILES string of the molecule is O=C1COc2ccc(N3C[C@@H](CNC[C@@H]4Cc5c(F)ccc6ccc(=O)n(c56)C4)OC3=O)cc2N1. The number of benzene rings is 2. The summed E-state index contributed by atoms with van der Waals surface area (Å²) >= 11 is 0. The van der Waals surface area contributed by atoms with Gasteiger partial charge in [0.25, 0.3) is 11.5 Å². The topological polar surface area (TPSA) is 102 Å². The Bertz CT molecular complexity index is 1420. The van der Waals surface area contributed by atoms with Crippen molar-refractivity contribution in [3.05, 3.63) is 64.2 Å². The van der Waals surface area contributed by atoms with Crippen LogP contribution in [0.1, 0.15) is 5.56 Å². The normalized spacial score (nSPS) is 20.9. The molecule has 0 spiro atoms. The lowest BCUT2D eigenvalue weighted by atomic mass is 9.92. The van der Waals surface area contributed by atoms with Gasteiger partial charge >= 0.3 is 6.09 Å². The van der Waals surface area contributed by atoms with E-state index in [1.54, 1.807) is 34.9 Å². The molecule has 1 aromatic heterocycles. The number of carbonyl (C=O) groups excluding carboxylic acids is 2. The molecular weight excluding hydrogens is 455 g/mol. The zero-order valence-corrected chi connectivity index (χ0v) is 18.8. The molecule has 0 radical (unpaired) electrons. The number of pyridine rings is 1. The van der Waals surface area contributed by atoms with E-state index < -0.39 is 6.09 Å². The van der Waals surface area contributed by atoms with Gasteiger partial charge in [0.05, 0.1) is 17.7 Å². The number of nitrogens with zero attached hydrogens (tertiary/aromatic N) is 2. The Hall–Kier alpha value is -3.92. The summed E-state index contributed by atoms with van der Waals surface area (Å²) < 4.78 is 27.1. The Labute approximate surface area is 199 Å². The highest BCUT2D eigenvalue weighted by atomic mass is 19.1. The van der Waals surface area contributed by atoms with Crippen LogP contribution in [0, 0.1) is 11.7 Å². The van der Waals surface area contributed by atoms with Crippen molar-refractivity contribution in [2.24, 2.45) is 5.92 Å². The second-order valence-corrected chi connectivity index (χ2v) is 9.11. The first-order chi connectivity index (χ1) is 17.0. The molecule has 10 heteroatoms. The largest absolute Gasteiger partial charge is 0.482 e.